The Hall–Kier alpha value is -2.01. The van der Waals surface area contributed by atoms with E-state index in [9.17, 15) is 4.39 Å². The summed E-state index contributed by atoms with van der Waals surface area (Å²) in [6, 6.07) is 4.72. The van der Waals surface area contributed by atoms with E-state index in [1.807, 2.05) is 13.0 Å². The highest BCUT2D eigenvalue weighted by molar-refractivity contribution is 5.34. The van der Waals surface area contributed by atoms with Crippen LogP contribution in [-0.4, -0.2) is 23.6 Å². The minimum atomic E-state index is -0.383. The van der Waals surface area contributed by atoms with Crippen molar-refractivity contribution in [3.8, 4) is 5.75 Å². The monoisotopic (exact) mass is 261 g/mol. The first-order valence-electron chi connectivity index (χ1n) is 6.09. The largest absolute Gasteiger partial charge is 0.494 e. The number of nitrogens with zero attached hydrogens (tertiary/aromatic N) is 2. The second-order valence-corrected chi connectivity index (χ2v) is 4.01. The smallest absolute Gasteiger partial charge is 0.165 e. The molecule has 2 aromatic rings. The Balaban J connectivity index is 2.37. The number of hydrogen-bond acceptors (Lipinski definition) is 4. The van der Waals surface area contributed by atoms with E-state index in [-0.39, 0.29) is 17.6 Å². The number of rotatable bonds is 5. The summed E-state index contributed by atoms with van der Waals surface area (Å²) in [6.07, 6.45) is 4.91. The van der Waals surface area contributed by atoms with Crippen LogP contribution in [0.4, 0.5) is 4.39 Å². The standard InChI is InChI=1S/C14H16FN3O/c1-3-17-14(12-9-16-6-7-18-12)10-4-5-13(19-2)11(15)8-10/h4-9,14,17H,3H2,1-2H3. The van der Waals surface area contributed by atoms with Crippen molar-refractivity contribution >= 4 is 0 Å². The van der Waals surface area contributed by atoms with Gasteiger partial charge in [-0.2, -0.15) is 0 Å². The summed E-state index contributed by atoms with van der Waals surface area (Å²) in [7, 11) is 1.45. The lowest BCUT2D eigenvalue weighted by Gasteiger charge is -2.18. The third-order valence-corrected chi connectivity index (χ3v) is 2.80. The molecule has 0 bridgehead atoms. The van der Waals surface area contributed by atoms with Gasteiger partial charge in [-0.1, -0.05) is 13.0 Å². The molecule has 1 heterocycles. The maximum absolute atomic E-state index is 13.8. The van der Waals surface area contributed by atoms with Gasteiger partial charge >= 0.3 is 0 Å². The van der Waals surface area contributed by atoms with Gasteiger partial charge in [0.25, 0.3) is 0 Å². The van der Waals surface area contributed by atoms with Crippen LogP contribution in [0.3, 0.4) is 0 Å². The maximum atomic E-state index is 13.8. The maximum Gasteiger partial charge on any atom is 0.165 e. The molecule has 100 valence electrons. The van der Waals surface area contributed by atoms with Crippen molar-refractivity contribution in [3.63, 3.8) is 0 Å². The van der Waals surface area contributed by atoms with Crippen LogP contribution in [0.1, 0.15) is 24.2 Å². The predicted octanol–water partition coefficient (Wildman–Crippen LogP) is 2.32. The number of hydrogen-bond donors (Lipinski definition) is 1. The fourth-order valence-corrected chi connectivity index (χ4v) is 1.92. The van der Waals surface area contributed by atoms with Crippen molar-refractivity contribution < 1.29 is 9.13 Å². The first-order chi connectivity index (χ1) is 9.26. The van der Waals surface area contributed by atoms with Crippen LogP contribution >= 0.6 is 0 Å². The highest BCUT2D eigenvalue weighted by Gasteiger charge is 2.16. The molecule has 1 aromatic heterocycles. The molecule has 0 spiro atoms. The molecule has 0 amide bonds. The number of methoxy groups -OCH3 is 1. The lowest BCUT2D eigenvalue weighted by atomic mass is 10.0. The van der Waals surface area contributed by atoms with E-state index in [4.69, 9.17) is 4.74 Å². The van der Waals surface area contributed by atoms with Gasteiger partial charge in [-0.25, -0.2) is 4.39 Å². The van der Waals surface area contributed by atoms with E-state index in [1.54, 1.807) is 24.7 Å². The molecule has 0 saturated heterocycles. The van der Waals surface area contributed by atoms with Crippen LogP contribution in [0, 0.1) is 5.82 Å². The van der Waals surface area contributed by atoms with Crippen LogP contribution < -0.4 is 10.1 Å². The van der Waals surface area contributed by atoms with Crippen LogP contribution in [-0.2, 0) is 0 Å². The Morgan fingerprint density at radius 2 is 2.21 bits per heavy atom. The Kier molecular flexibility index (Phi) is 4.41. The molecule has 0 aliphatic carbocycles. The third-order valence-electron chi connectivity index (χ3n) is 2.80. The average Bonchev–Trinajstić information content (AvgIpc) is 2.45. The molecule has 0 fully saturated rings. The second-order valence-electron chi connectivity index (χ2n) is 4.01. The van der Waals surface area contributed by atoms with Gasteiger partial charge < -0.3 is 10.1 Å². The molecular weight excluding hydrogens is 245 g/mol. The predicted molar refractivity (Wildman–Crippen MR) is 70.5 cm³/mol. The van der Waals surface area contributed by atoms with Crippen LogP contribution in [0.5, 0.6) is 5.75 Å². The molecule has 1 N–H and O–H groups in total. The van der Waals surface area contributed by atoms with Crippen molar-refractivity contribution in [2.24, 2.45) is 0 Å². The summed E-state index contributed by atoms with van der Waals surface area (Å²) in [6.45, 7) is 2.73. The van der Waals surface area contributed by atoms with Crippen LogP contribution in [0.25, 0.3) is 0 Å². The highest BCUT2D eigenvalue weighted by atomic mass is 19.1. The van der Waals surface area contributed by atoms with E-state index in [2.05, 4.69) is 15.3 Å². The van der Waals surface area contributed by atoms with E-state index < -0.39 is 0 Å². The highest BCUT2D eigenvalue weighted by Crippen LogP contribution is 2.25. The summed E-state index contributed by atoms with van der Waals surface area (Å²) in [5, 5.41) is 3.27. The zero-order valence-corrected chi connectivity index (χ0v) is 10.9. The molecule has 19 heavy (non-hydrogen) atoms. The summed E-state index contributed by atoms with van der Waals surface area (Å²) >= 11 is 0. The molecule has 1 atom stereocenters. The first-order valence-corrected chi connectivity index (χ1v) is 6.09. The second kappa shape index (κ2) is 6.24. The number of halogens is 1. The van der Waals surface area contributed by atoms with E-state index in [1.165, 1.54) is 13.2 Å². The number of benzene rings is 1. The van der Waals surface area contributed by atoms with Crippen molar-refractivity contribution in [1.82, 2.24) is 15.3 Å². The quantitative estimate of drug-likeness (QED) is 0.897. The molecule has 4 nitrogen and oxygen atoms in total. The molecule has 0 aliphatic heterocycles. The van der Waals surface area contributed by atoms with Crippen molar-refractivity contribution in [3.05, 3.63) is 53.9 Å². The zero-order valence-electron chi connectivity index (χ0n) is 10.9. The van der Waals surface area contributed by atoms with Gasteiger partial charge in [0, 0.05) is 12.4 Å². The molecule has 2 rings (SSSR count). The Bertz CT molecular complexity index is 533. The number of aromatic nitrogens is 2. The number of nitrogens with one attached hydrogen (secondary N) is 1. The summed E-state index contributed by atoms with van der Waals surface area (Å²) < 4.78 is 18.7. The first kappa shape index (κ1) is 13.4. The third kappa shape index (κ3) is 3.06. The molecular formula is C14H16FN3O. The Morgan fingerprint density at radius 1 is 1.37 bits per heavy atom. The van der Waals surface area contributed by atoms with E-state index >= 15 is 0 Å². The van der Waals surface area contributed by atoms with Gasteiger partial charge in [-0.05, 0) is 24.2 Å². The molecule has 1 aromatic carbocycles. The lowest BCUT2D eigenvalue weighted by molar-refractivity contribution is 0.385. The van der Waals surface area contributed by atoms with Gasteiger partial charge in [-0.15, -0.1) is 0 Å². The molecule has 0 radical (unpaired) electrons. The Morgan fingerprint density at radius 3 is 2.79 bits per heavy atom. The molecule has 0 saturated carbocycles. The Labute approximate surface area is 111 Å². The molecule has 1 unspecified atom stereocenters. The van der Waals surface area contributed by atoms with Gasteiger partial charge in [0.2, 0.25) is 0 Å². The number of ether oxygens (including phenoxy) is 1. The summed E-state index contributed by atoms with van der Waals surface area (Å²) in [4.78, 5) is 8.32. The zero-order chi connectivity index (χ0) is 13.7. The fraction of sp³-hybridized carbons (Fsp3) is 0.286. The lowest BCUT2D eigenvalue weighted by Crippen LogP contribution is -2.23. The SMILES string of the molecule is CCNC(c1ccc(OC)c(F)c1)c1cnccn1. The fourth-order valence-electron chi connectivity index (χ4n) is 1.92. The van der Waals surface area contributed by atoms with E-state index in [0.29, 0.717) is 0 Å². The molecule has 5 heteroatoms. The van der Waals surface area contributed by atoms with Crippen LogP contribution in [0.15, 0.2) is 36.8 Å². The minimum Gasteiger partial charge on any atom is -0.494 e. The minimum absolute atomic E-state index is 0.181. The summed E-state index contributed by atoms with van der Waals surface area (Å²) in [5.74, 6) is -0.148. The average molecular weight is 261 g/mol. The van der Waals surface area contributed by atoms with Gasteiger partial charge in [0.15, 0.2) is 11.6 Å². The van der Waals surface area contributed by atoms with Crippen LogP contribution in [0.2, 0.25) is 0 Å². The van der Waals surface area contributed by atoms with Crippen molar-refractivity contribution in [2.45, 2.75) is 13.0 Å². The van der Waals surface area contributed by atoms with Gasteiger partial charge in [0.1, 0.15) is 0 Å². The van der Waals surface area contributed by atoms with Gasteiger partial charge in [-0.3, -0.25) is 9.97 Å². The topological polar surface area (TPSA) is 47.0 Å². The molecule has 0 aliphatic rings. The van der Waals surface area contributed by atoms with Gasteiger partial charge in [0.05, 0.1) is 25.0 Å². The van der Waals surface area contributed by atoms with Crippen molar-refractivity contribution in [1.29, 1.82) is 0 Å². The van der Waals surface area contributed by atoms with Crippen molar-refractivity contribution in [2.75, 3.05) is 13.7 Å². The normalized spacial score (nSPS) is 12.2. The summed E-state index contributed by atoms with van der Waals surface area (Å²) in [5.41, 5.74) is 1.55. The van der Waals surface area contributed by atoms with E-state index in [0.717, 1.165) is 17.8 Å².